The van der Waals surface area contributed by atoms with Gasteiger partial charge >= 0.3 is 6.03 Å². The molecule has 2 rings (SSSR count). The quantitative estimate of drug-likeness (QED) is 0.0691. The molecule has 3 atom stereocenters. The molecule has 2 heterocycles. The minimum Gasteiger partial charge on any atom is -0.379 e. The van der Waals surface area contributed by atoms with E-state index in [0.29, 0.717) is 163 Å². The summed E-state index contributed by atoms with van der Waals surface area (Å²) in [7, 11) is 0. The van der Waals surface area contributed by atoms with Gasteiger partial charge in [-0.25, -0.2) is 4.79 Å². The van der Waals surface area contributed by atoms with Crippen molar-refractivity contribution in [2.24, 2.45) is 0 Å². The zero-order valence-electron chi connectivity index (χ0n) is 31.7. The van der Waals surface area contributed by atoms with Crippen LogP contribution in [0.5, 0.6) is 0 Å². The summed E-state index contributed by atoms with van der Waals surface area (Å²) >= 11 is 1.92. The standard InChI is InChI=1S/C36H68N2O13S/c1-2-9-41-11-13-43-15-17-45-19-21-47-23-25-49-27-29-51-30-28-50-26-24-48-22-20-46-18-16-44-14-12-42-10-5-7-32(39)6-3-4-8-34-35-33(31-52-34)37-36(40)38-35/h33-35H,2-31H2,1H3,(H2,37,38,40). The predicted molar refractivity (Wildman–Crippen MR) is 197 cm³/mol. The van der Waals surface area contributed by atoms with E-state index in [0.717, 1.165) is 44.5 Å². The summed E-state index contributed by atoms with van der Waals surface area (Å²) in [5, 5.41) is 6.44. The van der Waals surface area contributed by atoms with E-state index in [1.54, 1.807) is 0 Å². The van der Waals surface area contributed by atoms with Crippen LogP contribution in [0, 0.1) is 0 Å². The normalized spacial score (nSPS) is 18.2. The Morgan fingerprint density at radius 2 is 0.885 bits per heavy atom. The molecule has 306 valence electrons. The second-order valence-corrected chi connectivity index (χ2v) is 13.5. The van der Waals surface area contributed by atoms with Crippen molar-refractivity contribution in [3.8, 4) is 0 Å². The van der Waals surface area contributed by atoms with Crippen LogP contribution < -0.4 is 10.6 Å². The van der Waals surface area contributed by atoms with Gasteiger partial charge in [-0.1, -0.05) is 13.3 Å². The number of carbonyl (C=O) groups excluding carboxylic acids is 2. The Bertz CT molecular complexity index is 835. The summed E-state index contributed by atoms with van der Waals surface area (Å²) in [5.41, 5.74) is 0. The molecule has 2 fully saturated rings. The zero-order chi connectivity index (χ0) is 37.0. The molecule has 0 aromatic heterocycles. The zero-order valence-corrected chi connectivity index (χ0v) is 32.5. The third-order valence-electron chi connectivity index (χ3n) is 7.95. The fourth-order valence-corrected chi connectivity index (χ4v) is 6.80. The Kier molecular flexibility index (Phi) is 32.1. The van der Waals surface area contributed by atoms with Gasteiger partial charge in [-0.2, -0.15) is 11.8 Å². The molecular formula is C36H68N2O13S. The number of hydrogen-bond acceptors (Lipinski definition) is 14. The molecule has 2 aliphatic rings. The third-order valence-corrected chi connectivity index (χ3v) is 9.45. The number of ether oxygens (including phenoxy) is 11. The maximum atomic E-state index is 12.1. The molecule has 2 saturated heterocycles. The minimum absolute atomic E-state index is 0.0497. The maximum Gasteiger partial charge on any atom is 0.315 e. The van der Waals surface area contributed by atoms with Crippen LogP contribution in [-0.4, -0.2) is 180 Å². The van der Waals surface area contributed by atoms with Crippen LogP contribution in [0.2, 0.25) is 0 Å². The predicted octanol–water partition coefficient (Wildman–Crippen LogP) is 2.65. The summed E-state index contributed by atoms with van der Waals surface area (Å²) in [6.07, 6.45) is 5.90. The molecule has 2 aliphatic heterocycles. The summed E-state index contributed by atoms with van der Waals surface area (Å²) < 4.78 is 60.2. The van der Waals surface area contributed by atoms with Crippen molar-refractivity contribution in [1.29, 1.82) is 0 Å². The van der Waals surface area contributed by atoms with Crippen LogP contribution >= 0.6 is 11.8 Å². The molecule has 0 spiro atoms. The van der Waals surface area contributed by atoms with Crippen LogP contribution in [-0.2, 0) is 56.9 Å². The first-order valence-electron chi connectivity index (χ1n) is 19.3. The first-order valence-corrected chi connectivity index (χ1v) is 20.3. The van der Waals surface area contributed by atoms with Gasteiger partial charge in [0.25, 0.3) is 0 Å². The molecular weight excluding hydrogens is 700 g/mol. The second kappa shape index (κ2) is 35.5. The van der Waals surface area contributed by atoms with Crippen molar-refractivity contribution >= 4 is 23.6 Å². The number of thioether (sulfide) groups is 1. The van der Waals surface area contributed by atoms with E-state index < -0.39 is 0 Å². The molecule has 0 radical (unpaired) electrons. The lowest BCUT2D eigenvalue weighted by molar-refractivity contribution is -0.119. The van der Waals surface area contributed by atoms with Gasteiger partial charge in [0.2, 0.25) is 0 Å². The van der Waals surface area contributed by atoms with Gasteiger partial charge in [0.15, 0.2) is 0 Å². The maximum absolute atomic E-state index is 12.1. The molecule has 15 nitrogen and oxygen atoms in total. The van der Waals surface area contributed by atoms with E-state index in [2.05, 4.69) is 17.6 Å². The van der Waals surface area contributed by atoms with Gasteiger partial charge in [0.05, 0.1) is 144 Å². The summed E-state index contributed by atoms with van der Waals surface area (Å²) in [5.74, 6) is 1.27. The van der Waals surface area contributed by atoms with Crippen LogP contribution in [0.4, 0.5) is 4.79 Å². The number of amides is 2. The third kappa shape index (κ3) is 27.4. The van der Waals surface area contributed by atoms with Gasteiger partial charge in [0.1, 0.15) is 5.78 Å². The Hall–Kier alpha value is -1.15. The van der Waals surface area contributed by atoms with Crippen molar-refractivity contribution < 1.29 is 61.7 Å². The summed E-state index contributed by atoms with van der Waals surface area (Å²) in [6, 6.07) is 0.448. The smallest absolute Gasteiger partial charge is 0.315 e. The highest BCUT2D eigenvalue weighted by Crippen LogP contribution is 2.33. The van der Waals surface area contributed by atoms with E-state index in [4.69, 9.17) is 52.1 Å². The molecule has 2 N–H and O–H groups in total. The Morgan fingerprint density at radius 1 is 0.519 bits per heavy atom. The van der Waals surface area contributed by atoms with Crippen molar-refractivity contribution in [1.82, 2.24) is 10.6 Å². The molecule has 16 heteroatoms. The Morgan fingerprint density at radius 3 is 1.29 bits per heavy atom. The van der Waals surface area contributed by atoms with Gasteiger partial charge in [0, 0.05) is 37.1 Å². The molecule has 0 saturated carbocycles. The summed E-state index contributed by atoms with van der Waals surface area (Å²) in [6.45, 7) is 13.9. The van der Waals surface area contributed by atoms with Crippen LogP contribution in [0.3, 0.4) is 0 Å². The first kappa shape index (κ1) is 47.0. The lowest BCUT2D eigenvalue weighted by Crippen LogP contribution is -2.36. The molecule has 0 aromatic rings. The van der Waals surface area contributed by atoms with Crippen LogP contribution in [0.1, 0.15) is 51.9 Å². The Balaban J connectivity index is 1.15. The number of nitrogens with one attached hydrogen (secondary N) is 2. The fourth-order valence-electron chi connectivity index (χ4n) is 5.25. The molecule has 3 unspecified atom stereocenters. The highest BCUT2D eigenvalue weighted by molar-refractivity contribution is 8.00. The van der Waals surface area contributed by atoms with Crippen molar-refractivity contribution in [3.63, 3.8) is 0 Å². The van der Waals surface area contributed by atoms with E-state index in [1.807, 2.05) is 11.8 Å². The molecule has 52 heavy (non-hydrogen) atoms. The molecule has 0 bridgehead atoms. The average Bonchev–Trinajstić information content (AvgIpc) is 3.70. The largest absolute Gasteiger partial charge is 0.379 e. The monoisotopic (exact) mass is 768 g/mol. The highest BCUT2D eigenvalue weighted by Gasteiger charge is 2.42. The van der Waals surface area contributed by atoms with Crippen LogP contribution in [0.25, 0.3) is 0 Å². The Labute approximate surface area is 315 Å². The van der Waals surface area contributed by atoms with Gasteiger partial charge < -0.3 is 62.7 Å². The summed E-state index contributed by atoms with van der Waals surface area (Å²) in [4.78, 5) is 23.6. The lowest BCUT2D eigenvalue weighted by atomic mass is 10.0. The minimum atomic E-state index is -0.0497. The second-order valence-electron chi connectivity index (χ2n) is 12.2. The topological polar surface area (TPSA) is 160 Å². The van der Waals surface area contributed by atoms with E-state index in [-0.39, 0.29) is 18.1 Å². The number of urea groups is 1. The van der Waals surface area contributed by atoms with Crippen molar-refractivity contribution in [2.45, 2.75) is 69.2 Å². The number of carbonyl (C=O) groups is 2. The van der Waals surface area contributed by atoms with Crippen molar-refractivity contribution in [2.75, 3.05) is 151 Å². The number of hydrogen-bond donors (Lipinski definition) is 2. The number of ketones is 1. The number of unbranched alkanes of at least 4 members (excludes halogenated alkanes) is 1. The van der Waals surface area contributed by atoms with Crippen LogP contribution in [0.15, 0.2) is 0 Å². The fraction of sp³-hybridized carbons (Fsp3) is 0.944. The van der Waals surface area contributed by atoms with Gasteiger partial charge in [-0.3, -0.25) is 4.79 Å². The van der Waals surface area contributed by atoms with Crippen molar-refractivity contribution in [3.05, 3.63) is 0 Å². The number of Topliss-reactive ketones (excluding diaryl/α,β-unsaturated/α-hetero) is 1. The number of rotatable bonds is 41. The molecule has 0 aromatic carbocycles. The van der Waals surface area contributed by atoms with Gasteiger partial charge in [-0.15, -0.1) is 0 Å². The molecule has 2 amide bonds. The highest BCUT2D eigenvalue weighted by atomic mass is 32.2. The lowest BCUT2D eigenvalue weighted by Gasteiger charge is -2.16. The SMILES string of the molecule is CCCOCCOCCOCCOCCOCCOCCOCCOCCOCCOCCOCCCC(=O)CCCCC1SCC2NC(=O)NC21. The van der Waals surface area contributed by atoms with E-state index in [9.17, 15) is 9.59 Å². The molecule has 0 aliphatic carbocycles. The first-order chi connectivity index (χ1) is 25.7. The number of fused-ring (bicyclic) bond motifs is 1. The van der Waals surface area contributed by atoms with E-state index >= 15 is 0 Å². The van der Waals surface area contributed by atoms with Gasteiger partial charge in [-0.05, 0) is 25.7 Å². The average molecular weight is 769 g/mol. The van der Waals surface area contributed by atoms with E-state index in [1.165, 1.54) is 0 Å².